The van der Waals surface area contributed by atoms with Crippen molar-refractivity contribution in [2.45, 2.75) is 25.2 Å². The number of ether oxygens (including phenoxy) is 3. The van der Waals surface area contributed by atoms with Gasteiger partial charge in [-0.15, -0.1) is 0 Å². The summed E-state index contributed by atoms with van der Waals surface area (Å²) in [6.07, 6.45) is 1.24. The molecular formula is C27H28ClNO4. The van der Waals surface area contributed by atoms with E-state index in [1.165, 1.54) is 5.56 Å². The molecule has 0 aliphatic carbocycles. The van der Waals surface area contributed by atoms with Crippen LogP contribution in [0, 0.1) is 0 Å². The van der Waals surface area contributed by atoms with Crippen molar-refractivity contribution in [3.8, 4) is 17.2 Å². The quantitative estimate of drug-likeness (QED) is 0.443. The van der Waals surface area contributed by atoms with Crippen molar-refractivity contribution in [1.29, 1.82) is 0 Å². The first-order chi connectivity index (χ1) is 15.9. The first kappa shape index (κ1) is 23.0. The number of carbonyl (C=O) groups excluding carboxylic acids is 1. The Kier molecular flexibility index (Phi) is 6.52. The molecule has 0 saturated heterocycles. The summed E-state index contributed by atoms with van der Waals surface area (Å²) < 4.78 is 16.5. The van der Waals surface area contributed by atoms with Crippen LogP contribution in [-0.2, 0) is 23.1 Å². The van der Waals surface area contributed by atoms with Crippen LogP contribution in [0.3, 0.4) is 0 Å². The molecule has 1 amide bonds. The molecule has 5 nitrogen and oxygen atoms in total. The molecule has 1 heterocycles. The predicted octanol–water partition coefficient (Wildman–Crippen LogP) is 5.46. The second-order valence-electron chi connectivity index (χ2n) is 8.40. The number of fused-ring (bicyclic) bond motifs is 1. The van der Waals surface area contributed by atoms with Crippen LogP contribution in [0.4, 0.5) is 5.69 Å². The summed E-state index contributed by atoms with van der Waals surface area (Å²) in [5.41, 5.74) is 3.17. The van der Waals surface area contributed by atoms with Crippen molar-refractivity contribution in [3.05, 3.63) is 82.4 Å². The van der Waals surface area contributed by atoms with Crippen LogP contribution in [0.5, 0.6) is 17.2 Å². The lowest BCUT2D eigenvalue weighted by Crippen LogP contribution is -2.40. The topological polar surface area (TPSA) is 48.0 Å². The molecule has 0 bridgehead atoms. The molecule has 1 aliphatic heterocycles. The smallest absolute Gasteiger partial charge is 0.237 e. The number of benzene rings is 3. The number of amides is 1. The van der Waals surface area contributed by atoms with Gasteiger partial charge in [-0.25, -0.2) is 0 Å². The van der Waals surface area contributed by atoms with E-state index in [4.69, 9.17) is 25.8 Å². The van der Waals surface area contributed by atoms with Crippen LogP contribution >= 0.6 is 11.6 Å². The SMILES string of the molecule is COc1cc(CC2(C)C(=O)N(CCc3ccccc3)c3ccc(Cl)cc32)cc(OC)c1OC. The second kappa shape index (κ2) is 9.36. The Morgan fingerprint density at radius 3 is 2.15 bits per heavy atom. The molecule has 0 N–H and O–H groups in total. The number of anilines is 1. The number of halogens is 1. The number of hydrogen-bond donors (Lipinski definition) is 0. The normalized spacial score (nSPS) is 17.1. The largest absolute Gasteiger partial charge is 0.493 e. The maximum Gasteiger partial charge on any atom is 0.237 e. The molecule has 1 unspecified atom stereocenters. The molecule has 4 rings (SSSR count). The van der Waals surface area contributed by atoms with E-state index in [0.29, 0.717) is 35.2 Å². The van der Waals surface area contributed by atoms with E-state index in [9.17, 15) is 4.79 Å². The molecule has 0 radical (unpaired) electrons. The van der Waals surface area contributed by atoms with E-state index in [1.54, 1.807) is 21.3 Å². The van der Waals surface area contributed by atoms with E-state index >= 15 is 0 Å². The van der Waals surface area contributed by atoms with Crippen LogP contribution in [0.2, 0.25) is 5.02 Å². The van der Waals surface area contributed by atoms with E-state index in [1.807, 2.05) is 60.4 Å². The third kappa shape index (κ3) is 4.25. The zero-order chi connectivity index (χ0) is 23.6. The fraction of sp³-hybridized carbons (Fsp3) is 0.296. The lowest BCUT2D eigenvalue weighted by atomic mass is 9.78. The van der Waals surface area contributed by atoms with Gasteiger partial charge in [0.2, 0.25) is 11.7 Å². The van der Waals surface area contributed by atoms with Crippen LogP contribution in [0.15, 0.2) is 60.7 Å². The highest BCUT2D eigenvalue weighted by atomic mass is 35.5. The molecule has 0 aromatic heterocycles. The van der Waals surface area contributed by atoms with E-state index < -0.39 is 5.41 Å². The molecule has 6 heteroatoms. The Morgan fingerprint density at radius 1 is 0.879 bits per heavy atom. The van der Waals surface area contributed by atoms with Crippen molar-refractivity contribution in [1.82, 2.24) is 0 Å². The van der Waals surface area contributed by atoms with Crippen molar-refractivity contribution >= 4 is 23.2 Å². The summed E-state index contributed by atoms with van der Waals surface area (Å²) >= 11 is 6.37. The first-order valence-electron chi connectivity index (χ1n) is 10.9. The summed E-state index contributed by atoms with van der Waals surface area (Å²) in [4.78, 5) is 15.7. The molecule has 1 atom stereocenters. The van der Waals surface area contributed by atoms with Gasteiger partial charge in [0.25, 0.3) is 0 Å². The van der Waals surface area contributed by atoms with Gasteiger partial charge in [-0.1, -0.05) is 41.9 Å². The summed E-state index contributed by atoms with van der Waals surface area (Å²) in [5, 5.41) is 0.613. The molecule has 0 spiro atoms. The maximum absolute atomic E-state index is 13.8. The number of rotatable bonds is 8. The number of nitrogens with zero attached hydrogens (tertiary/aromatic N) is 1. The standard InChI is InChI=1S/C27H28ClNO4/c1-27(17-19-14-23(31-2)25(33-4)24(15-19)32-3)21-16-20(28)10-11-22(21)29(26(27)30)13-12-18-8-6-5-7-9-18/h5-11,14-16H,12-13,17H2,1-4H3. The summed E-state index contributed by atoms with van der Waals surface area (Å²) in [5.74, 6) is 1.71. The average Bonchev–Trinajstić information content (AvgIpc) is 3.03. The third-order valence-corrected chi connectivity index (χ3v) is 6.55. The molecule has 172 valence electrons. The van der Waals surface area contributed by atoms with Crippen LogP contribution in [-0.4, -0.2) is 33.8 Å². The Balaban J connectivity index is 1.71. The van der Waals surface area contributed by atoms with Gasteiger partial charge in [-0.3, -0.25) is 4.79 Å². The van der Waals surface area contributed by atoms with Gasteiger partial charge in [0.1, 0.15) is 0 Å². The number of methoxy groups -OCH3 is 3. The molecule has 3 aromatic rings. The van der Waals surface area contributed by atoms with Gasteiger partial charge in [0.15, 0.2) is 11.5 Å². The molecule has 0 saturated carbocycles. The Hall–Kier alpha value is -3.18. The third-order valence-electron chi connectivity index (χ3n) is 6.31. The van der Waals surface area contributed by atoms with Crippen LogP contribution < -0.4 is 19.1 Å². The highest BCUT2D eigenvalue weighted by Gasteiger charge is 2.47. The van der Waals surface area contributed by atoms with Gasteiger partial charge in [0, 0.05) is 17.3 Å². The van der Waals surface area contributed by atoms with Crippen LogP contribution in [0.25, 0.3) is 0 Å². The molecule has 3 aromatic carbocycles. The Labute approximate surface area is 199 Å². The monoisotopic (exact) mass is 465 g/mol. The van der Waals surface area contributed by atoms with E-state index in [0.717, 1.165) is 23.2 Å². The van der Waals surface area contributed by atoms with Gasteiger partial charge in [-0.2, -0.15) is 0 Å². The Morgan fingerprint density at radius 2 is 1.55 bits per heavy atom. The highest BCUT2D eigenvalue weighted by Crippen LogP contribution is 2.46. The van der Waals surface area contributed by atoms with Crippen molar-refractivity contribution in [3.63, 3.8) is 0 Å². The van der Waals surface area contributed by atoms with Gasteiger partial charge in [-0.05, 0) is 66.8 Å². The second-order valence-corrected chi connectivity index (χ2v) is 8.83. The van der Waals surface area contributed by atoms with Crippen molar-refractivity contribution in [2.75, 3.05) is 32.8 Å². The first-order valence-corrected chi connectivity index (χ1v) is 11.2. The molecule has 33 heavy (non-hydrogen) atoms. The lowest BCUT2D eigenvalue weighted by molar-refractivity contribution is -0.122. The maximum atomic E-state index is 13.8. The fourth-order valence-corrected chi connectivity index (χ4v) is 4.80. The molecular weight excluding hydrogens is 438 g/mol. The zero-order valence-electron chi connectivity index (χ0n) is 19.4. The summed E-state index contributed by atoms with van der Waals surface area (Å²) in [7, 11) is 4.75. The van der Waals surface area contributed by atoms with Crippen LogP contribution in [0.1, 0.15) is 23.6 Å². The van der Waals surface area contributed by atoms with Crippen molar-refractivity contribution in [2.24, 2.45) is 0 Å². The number of carbonyl (C=O) groups is 1. The molecule has 1 aliphatic rings. The highest BCUT2D eigenvalue weighted by molar-refractivity contribution is 6.31. The predicted molar refractivity (Wildman–Crippen MR) is 131 cm³/mol. The van der Waals surface area contributed by atoms with Gasteiger partial charge in [0.05, 0.1) is 26.7 Å². The van der Waals surface area contributed by atoms with Crippen molar-refractivity contribution < 1.29 is 19.0 Å². The Bertz CT molecular complexity index is 1140. The van der Waals surface area contributed by atoms with E-state index in [-0.39, 0.29) is 5.91 Å². The summed E-state index contributed by atoms with van der Waals surface area (Å²) in [6.45, 7) is 2.58. The van der Waals surface area contributed by atoms with Gasteiger partial charge >= 0.3 is 0 Å². The van der Waals surface area contributed by atoms with E-state index in [2.05, 4.69) is 12.1 Å². The minimum absolute atomic E-state index is 0.0597. The minimum atomic E-state index is -0.776. The average molecular weight is 466 g/mol. The number of hydrogen-bond acceptors (Lipinski definition) is 4. The fourth-order valence-electron chi connectivity index (χ4n) is 4.63. The minimum Gasteiger partial charge on any atom is -0.493 e. The van der Waals surface area contributed by atoms with Gasteiger partial charge < -0.3 is 19.1 Å². The molecule has 0 fully saturated rings. The lowest BCUT2D eigenvalue weighted by Gasteiger charge is -2.25. The summed E-state index contributed by atoms with van der Waals surface area (Å²) in [6, 6.07) is 19.7. The zero-order valence-corrected chi connectivity index (χ0v) is 20.1.